The molecule has 0 aliphatic carbocycles. The Labute approximate surface area is 165 Å². The van der Waals surface area contributed by atoms with E-state index in [1.807, 2.05) is 56.3 Å². The number of nitrogens with zero attached hydrogens (tertiary/aromatic N) is 3. The Morgan fingerprint density at radius 2 is 1.86 bits per heavy atom. The summed E-state index contributed by atoms with van der Waals surface area (Å²) >= 11 is 1.29. The minimum Gasteiger partial charge on any atom is -0.455 e. The van der Waals surface area contributed by atoms with Gasteiger partial charge in [0.15, 0.2) is 0 Å². The molecule has 0 atom stereocenters. The van der Waals surface area contributed by atoms with Crippen molar-refractivity contribution < 1.29 is 9.53 Å². The van der Waals surface area contributed by atoms with Crippen molar-refractivity contribution in [2.45, 2.75) is 20.5 Å². The molecule has 0 bridgehead atoms. The molecule has 28 heavy (non-hydrogen) atoms. The summed E-state index contributed by atoms with van der Waals surface area (Å²) in [6, 6.07) is 16.3. The van der Waals surface area contributed by atoms with E-state index < -0.39 is 5.97 Å². The molecule has 0 aliphatic heterocycles. The molecule has 4 rings (SSSR count). The first kappa shape index (κ1) is 18.1. The fourth-order valence-corrected chi connectivity index (χ4v) is 3.83. The molecule has 0 unspecified atom stereocenters. The van der Waals surface area contributed by atoms with Gasteiger partial charge in [-0.2, -0.15) is 0 Å². The number of esters is 1. The molecule has 1 aromatic carbocycles. The van der Waals surface area contributed by atoms with E-state index in [9.17, 15) is 9.59 Å². The molecule has 3 heterocycles. The van der Waals surface area contributed by atoms with Crippen LogP contribution >= 0.6 is 11.3 Å². The minimum absolute atomic E-state index is 0.0797. The molecule has 3 aromatic heterocycles. The van der Waals surface area contributed by atoms with Crippen LogP contribution in [-0.4, -0.2) is 20.3 Å². The first-order chi connectivity index (χ1) is 13.5. The van der Waals surface area contributed by atoms with Crippen LogP contribution in [0.15, 0.2) is 59.4 Å². The van der Waals surface area contributed by atoms with Gasteiger partial charge >= 0.3 is 5.97 Å². The van der Waals surface area contributed by atoms with E-state index in [1.165, 1.54) is 21.8 Å². The standard InChI is InChI=1S/C21H17N3O3S/c1-13-7-6-10-17-23-16(11-18(25)24(13)17)12-27-21(26)20-19(22-14(2)28-20)15-8-4-3-5-9-15/h3-11H,12H2,1-2H3. The van der Waals surface area contributed by atoms with Crippen molar-refractivity contribution in [3.05, 3.63) is 86.2 Å². The molecule has 0 saturated carbocycles. The van der Waals surface area contributed by atoms with Crippen LogP contribution in [-0.2, 0) is 11.3 Å². The second kappa shape index (κ2) is 7.36. The lowest BCUT2D eigenvalue weighted by Gasteiger charge is -2.07. The van der Waals surface area contributed by atoms with Gasteiger partial charge in [-0.25, -0.2) is 14.8 Å². The smallest absolute Gasteiger partial charge is 0.351 e. The molecule has 140 valence electrons. The van der Waals surface area contributed by atoms with E-state index in [-0.39, 0.29) is 12.2 Å². The molecule has 0 radical (unpaired) electrons. The van der Waals surface area contributed by atoms with Gasteiger partial charge in [0.2, 0.25) is 0 Å². The van der Waals surface area contributed by atoms with Crippen LogP contribution in [0, 0.1) is 13.8 Å². The fraction of sp³-hybridized carbons (Fsp3) is 0.143. The normalized spacial score (nSPS) is 10.9. The van der Waals surface area contributed by atoms with Crippen LogP contribution in [0.25, 0.3) is 16.9 Å². The van der Waals surface area contributed by atoms with Crippen LogP contribution in [0.1, 0.15) is 26.1 Å². The van der Waals surface area contributed by atoms with Crippen molar-refractivity contribution in [1.29, 1.82) is 0 Å². The van der Waals surface area contributed by atoms with Gasteiger partial charge in [0.25, 0.3) is 5.56 Å². The molecule has 0 N–H and O–H groups in total. The average molecular weight is 391 g/mol. The van der Waals surface area contributed by atoms with Crippen LogP contribution in [0.5, 0.6) is 0 Å². The van der Waals surface area contributed by atoms with Crippen molar-refractivity contribution in [2.75, 3.05) is 0 Å². The van der Waals surface area contributed by atoms with Crippen molar-refractivity contribution >= 4 is 23.0 Å². The highest BCUT2D eigenvalue weighted by molar-refractivity contribution is 7.14. The SMILES string of the molecule is Cc1nc(-c2ccccc2)c(C(=O)OCc2cc(=O)n3c(C)cccc3n2)s1. The Kier molecular flexibility index (Phi) is 4.75. The highest BCUT2D eigenvalue weighted by Crippen LogP contribution is 2.28. The third-order valence-electron chi connectivity index (χ3n) is 4.25. The van der Waals surface area contributed by atoms with Gasteiger partial charge in [0.05, 0.1) is 16.4 Å². The molecule has 6 nitrogen and oxygen atoms in total. The average Bonchev–Trinajstić information content (AvgIpc) is 3.08. The highest BCUT2D eigenvalue weighted by Gasteiger charge is 2.20. The summed E-state index contributed by atoms with van der Waals surface area (Å²) in [5.74, 6) is -0.476. The Morgan fingerprint density at radius 1 is 1.07 bits per heavy atom. The summed E-state index contributed by atoms with van der Waals surface area (Å²) < 4.78 is 6.96. The zero-order valence-corrected chi connectivity index (χ0v) is 16.2. The van der Waals surface area contributed by atoms with E-state index in [4.69, 9.17) is 4.74 Å². The maximum Gasteiger partial charge on any atom is 0.351 e. The molecule has 7 heteroatoms. The van der Waals surface area contributed by atoms with E-state index in [1.54, 1.807) is 6.07 Å². The lowest BCUT2D eigenvalue weighted by atomic mass is 10.1. The van der Waals surface area contributed by atoms with E-state index in [2.05, 4.69) is 9.97 Å². The number of pyridine rings is 1. The molecular formula is C21H17N3O3S. The summed E-state index contributed by atoms with van der Waals surface area (Å²) in [6.07, 6.45) is 0. The van der Waals surface area contributed by atoms with Gasteiger partial charge in [0.1, 0.15) is 17.1 Å². The van der Waals surface area contributed by atoms with Gasteiger partial charge in [-0.3, -0.25) is 9.20 Å². The molecule has 0 amide bonds. The second-order valence-corrected chi connectivity index (χ2v) is 7.50. The number of ether oxygens (including phenoxy) is 1. The molecule has 0 aliphatic rings. The van der Waals surface area contributed by atoms with Gasteiger partial charge in [-0.15, -0.1) is 11.3 Å². The number of aryl methyl sites for hydroxylation is 2. The zero-order valence-electron chi connectivity index (χ0n) is 15.4. The minimum atomic E-state index is -0.476. The van der Waals surface area contributed by atoms with Crippen molar-refractivity contribution in [2.24, 2.45) is 0 Å². The third-order valence-corrected chi connectivity index (χ3v) is 5.20. The Balaban J connectivity index is 1.59. The quantitative estimate of drug-likeness (QED) is 0.495. The first-order valence-corrected chi connectivity index (χ1v) is 9.53. The number of thiazole rings is 1. The van der Waals surface area contributed by atoms with Crippen molar-refractivity contribution in [3.8, 4) is 11.3 Å². The van der Waals surface area contributed by atoms with E-state index in [0.29, 0.717) is 21.9 Å². The Morgan fingerprint density at radius 3 is 2.64 bits per heavy atom. The summed E-state index contributed by atoms with van der Waals surface area (Å²) in [7, 11) is 0. The van der Waals surface area contributed by atoms with Gasteiger partial charge in [-0.05, 0) is 26.0 Å². The third kappa shape index (κ3) is 3.44. The molecule has 0 spiro atoms. The van der Waals surface area contributed by atoms with Gasteiger partial charge in [0, 0.05) is 17.3 Å². The largest absolute Gasteiger partial charge is 0.455 e. The lowest BCUT2D eigenvalue weighted by molar-refractivity contribution is 0.0474. The number of aromatic nitrogens is 3. The molecule has 4 aromatic rings. The maximum absolute atomic E-state index is 12.7. The molecule has 0 saturated heterocycles. The zero-order chi connectivity index (χ0) is 19.7. The fourth-order valence-electron chi connectivity index (χ4n) is 3.00. The number of carbonyl (C=O) groups is 1. The monoisotopic (exact) mass is 391 g/mol. The second-order valence-electron chi connectivity index (χ2n) is 6.30. The van der Waals surface area contributed by atoms with E-state index >= 15 is 0 Å². The topological polar surface area (TPSA) is 73.6 Å². The number of benzene rings is 1. The number of hydrogen-bond donors (Lipinski definition) is 0. The number of rotatable bonds is 4. The maximum atomic E-state index is 12.7. The number of carbonyl (C=O) groups excluding carboxylic acids is 1. The van der Waals surface area contributed by atoms with E-state index in [0.717, 1.165) is 16.3 Å². The summed E-state index contributed by atoms with van der Waals surface area (Å²) in [6.45, 7) is 3.61. The molecular weight excluding hydrogens is 374 g/mol. The lowest BCUT2D eigenvalue weighted by Crippen LogP contribution is -2.18. The number of fused-ring (bicyclic) bond motifs is 1. The van der Waals surface area contributed by atoms with Crippen LogP contribution in [0.4, 0.5) is 0 Å². The predicted molar refractivity (Wildman–Crippen MR) is 108 cm³/mol. The van der Waals surface area contributed by atoms with Crippen LogP contribution < -0.4 is 5.56 Å². The first-order valence-electron chi connectivity index (χ1n) is 8.71. The van der Waals surface area contributed by atoms with Gasteiger partial charge in [-0.1, -0.05) is 36.4 Å². The summed E-state index contributed by atoms with van der Waals surface area (Å²) in [4.78, 5) is 34.4. The summed E-state index contributed by atoms with van der Waals surface area (Å²) in [5, 5.41) is 0.781. The Hall–Kier alpha value is -3.32. The number of hydrogen-bond acceptors (Lipinski definition) is 6. The van der Waals surface area contributed by atoms with Crippen molar-refractivity contribution in [1.82, 2.24) is 14.4 Å². The predicted octanol–water partition coefficient (Wildman–Crippen LogP) is 3.79. The molecule has 0 fully saturated rings. The van der Waals surface area contributed by atoms with Crippen molar-refractivity contribution in [3.63, 3.8) is 0 Å². The summed E-state index contributed by atoms with van der Waals surface area (Å²) in [5.41, 5.74) is 2.99. The van der Waals surface area contributed by atoms with Crippen LogP contribution in [0.3, 0.4) is 0 Å². The highest BCUT2D eigenvalue weighted by atomic mass is 32.1. The van der Waals surface area contributed by atoms with Gasteiger partial charge < -0.3 is 4.74 Å². The Bertz CT molecular complexity index is 1230. The van der Waals surface area contributed by atoms with Crippen LogP contribution in [0.2, 0.25) is 0 Å².